The van der Waals surface area contributed by atoms with Gasteiger partial charge in [0.05, 0.1) is 12.6 Å². The molecule has 2 unspecified atom stereocenters. The molecule has 82 valence electrons. The van der Waals surface area contributed by atoms with E-state index >= 15 is 0 Å². The third-order valence-corrected chi connectivity index (χ3v) is 2.53. The number of hydrogen-bond donors (Lipinski definition) is 2. The number of carbonyl (C=O) groups is 1. The molecule has 14 heavy (non-hydrogen) atoms. The van der Waals surface area contributed by atoms with Crippen LogP contribution in [0, 0.1) is 0 Å². The average Bonchev–Trinajstić information content (AvgIpc) is 2.52. The molecule has 1 rings (SSSR count). The molecule has 4 heteroatoms. The Labute approximate surface area is 85.4 Å². The fraction of sp³-hybridized carbons (Fsp3) is 0.900. The third kappa shape index (κ3) is 2.96. The molecule has 2 N–H and O–H groups in total. The molecule has 1 saturated heterocycles. The maximum Gasteiger partial charge on any atom is 0.236 e. The minimum atomic E-state index is -0.151. The van der Waals surface area contributed by atoms with E-state index in [0.29, 0.717) is 13.2 Å². The summed E-state index contributed by atoms with van der Waals surface area (Å²) >= 11 is 0. The molecule has 0 aromatic rings. The summed E-state index contributed by atoms with van der Waals surface area (Å²) in [6.07, 6.45) is 0.969. The van der Waals surface area contributed by atoms with Crippen LogP contribution in [-0.2, 0) is 9.53 Å². The summed E-state index contributed by atoms with van der Waals surface area (Å²) in [6.45, 7) is 8.05. The molecule has 0 saturated carbocycles. The first kappa shape index (κ1) is 11.5. The summed E-state index contributed by atoms with van der Waals surface area (Å²) in [7, 11) is 0. The standard InChI is InChI=1S/C10H20N2O2/c1-4-11-9(13)8(2)12-10(3)5-6-14-7-10/h8,12H,4-7H2,1-3H3,(H,11,13). The Morgan fingerprint density at radius 1 is 1.64 bits per heavy atom. The van der Waals surface area contributed by atoms with Gasteiger partial charge < -0.3 is 10.1 Å². The second-order valence-electron chi connectivity index (χ2n) is 4.12. The Kier molecular flexibility index (Phi) is 3.89. The van der Waals surface area contributed by atoms with E-state index in [1.54, 1.807) is 0 Å². The van der Waals surface area contributed by atoms with Crippen LogP contribution in [0.25, 0.3) is 0 Å². The van der Waals surface area contributed by atoms with Crippen LogP contribution in [0.3, 0.4) is 0 Å². The van der Waals surface area contributed by atoms with Gasteiger partial charge in [0.25, 0.3) is 0 Å². The SMILES string of the molecule is CCNC(=O)C(C)NC1(C)CCOC1. The predicted molar refractivity (Wildman–Crippen MR) is 55.1 cm³/mol. The highest BCUT2D eigenvalue weighted by molar-refractivity contribution is 5.81. The van der Waals surface area contributed by atoms with Crippen molar-refractivity contribution < 1.29 is 9.53 Å². The summed E-state index contributed by atoms with van der Waals surface area (Å²) in [6, 6.07) is -0.151. The molecule has 1 heterocycles. The normalized spacial score (nSPS) is 28.8. The van der Waals surface area contributed by atoms with Gasteiger partial charge in [0.15, 0.2) is 0 Å². The molecule has 1 amide bonds. The van der Waals surface area contributed by atoms with Crippen molar-refractivity contribution in [3.8, 4) is 0 Å². The molecule has 2 atom stereocenters. The lowest BCUT2D eigenvalue weighted by Crippen LogP contribution is -2.53. The maximum atomic E-state index is 11.5. The molecule has 1 fully saturated rings. The number of carbonyl (C=O) groups excluding carboxylic acids is 1. The van der Waals surface area contributed by atoms with Gasteiger partial charge in [-0.15, -0.1) is 0 Å². The first-order valence-corrected chi connectivity index (χ1v) is 5.20. The van der Waals surface area contributed by atoms with Gasteiger partial charge in [0, 0.05) is 18.7 Å². The Bertz CT molecular complexity index is 200. The topological polar surface area (TPSA) is 50.4 Å². The maximum absolute atomic E-state index is 11.5. The molecule has 4 nitrogen and oxygen atoms in total. The van der Waals surface area contributed by atoms with Crippen LogP contribution in [0.15, 0.2) is 0 Å². The van der Waals surface area contributed by atoms with E-state index in [0.717, 1.165) is 13.0 Å². The lowest BCUT2D eigenvalue weighted by molar-refractivity contribution is -0.123. The van der Waals surface area contributed by atoms with Crippen LogP contribution in [0.1, 0.15) is 27.2 Å². The van der Waals surface area contributed by atoms with Crippen molar-refractivity contribution in [3.63, 3.8) is 0 Å². The number of nitrogens with one attached hydrogen (secondary N) is 2. The van der Waals surface area contributed by atoms with E-state index in [1.807, 2.05) is 13.8 Å². The Balaban J connectivity index is 2.38. The molecular weight excluding hydrogens is 180 g/mol. The number of hydrogen-bond acceptors (Lipinski definition) is 3. The number of likely N-dealkylation sites (N-methyl/N-ethyl adjacent to an activating group) is 1. The summed E-state index contributed by atoms with van der Waals surface area (Å²) in [5.41, 5.74) is -0.0372. The lowest BCUT2D eigenvalue weighted by atomic mass is 10.0. The largest absolute Gasteiger partial charge is 0.379 e. The van der Waals surface area contributed by atoms with Gasteiger partial charge in [-0.25, -0.2) is 0 Å². The van der Waals surface area contributed by atoms with E-state index in [4.69, 9.17) is 4.74 Å². The van der Waals surface area contributed by atoms with Crippen molar-refractivity contribution >= 4 is 5.91 Å². The summed E-state index contributed by atoms with van der Waals surface area (Å²) in [5.74, 6) is 0.0561. The van der Waals surface area contributed by atoms with Crippen LogP contribution >= 0.6 is 0 Å². The van der Waals surface area contributed by atoms with Crippen LogP contribution in [-0.4, -0.2) is 37.2 Å². The van der Waals surface area contributed by atoms with Crippen LogP contribution in [0.5, 0.6) is 0 Å². The van der Waals surface area contributed by atoms with Gasteiger partial charge in [-0.1, -0.05) is 0 Å². The van der Waals surface area contributed by atoms with Crippen molar-refractivity contribution in [3.05, 3.63) is 0 Å². The summed E-state index contributed by atoms with van der Waals surface area (Å²) in [4.78, 5) is 11.5. The second kappa shape index (κ2) is 4.75. The second-order valence-corrected chi connectivity index (χ2v) is 4.12. The monoisotopic (exact) mass is 200 g/mol. The van der Waals surface area contributed by atoms with Gasteiger partial charge in [0.2, 0.25) is 5.91 Å². The highest BCUT2D eigenvalue weighted by Gasteiger charge is 2.32. The highest BCUT2D eigenvalue weighted by atomic mass is 16.5. The van der Waals surface area contributed by atoms with Crippen LogP contribution in [0.4, 0.5) is 0 Å². The Morgan fingerprint density at radius 2 is 2.36 bits per heavy atom. The zero-order valence-corrected chi connectivity index (χ0v) is 9.22. The molecule has 0 bridgehead atoms. The molecule has 1 aliphatic heterocycles. The first-order chi connectivity index (χ1) is 6.57. The first-order valence-electron chi connectivity index (χ1n) is 5.20. The minimum absolute atomic E-state index is 0.0372. The smallest absolute Gasteiger partial charge is 0.236 e. The van der Waals surface area contributed by atoms with Gasteiger partial charge in [-0.05, 0) is 27.2 Å². The minimum Gasteiger partial charge on any atom is -0.379 e. The van der Waals surface area contributed by atoms with Crippen LogP contribution in [0.2, 0.25) is 0 Å². The van der Waals surface area contributed by atoms with E-state index in [9.17, 15) is 4.79 Å². The molecule has 0 aromatic carbocycles. The lowest BCUT2D eigenvalue weighted by Gasteiger charge is -2.27. The van der Waals surface area contributed by atoms with Crippen molar-refractivity contribution in [2.75, 3.05) is 19.8 Å². The summed E-state index contributed by atoms with van der Waals surface area (Å²) in [5, 5.41) is 6.10. The van der Waals surface area contributed by atoms with Crippen molar-refractivity contribution in [2.45, 2.75) is 38.8 Å². The summed E-state index contributed by atoms with van der Waals surface area (Å²) < 4.78 is 5.31. The molecule has 0 radical (unpaired) electrons. The van der Waals surface area contributed by atoms with Crippen molar-refractivity contribution in [1.29, 1.82) is 0 Å². The Hall–Kier alpha value is -0.610. The molecule has 0 aliphatic carbocycles. The van der Waals surface area contributed by atoms with Gasteiger partial charge in [-0.3, -0.25) is 10.1 Å². The van der Waals surface area contributed by atoms with Gasteiger partial charge in [0.1, 0.15) is 0 Å². The molecule has 0 spiro atoms. The molecular formula is C10H20N2O2. The molecule has 1 aliphatic rings. The Morgan fingerprint density at radius 3 is 2.86 bits per heavy atom. The van der Waals surface area contributed by atoms with E-state index in [1.165, 1.54) is 0 Å². The third-order valence-electron chi connectivity index (χ3n) is 2.53. The van der Waals surface area contributed by atoms with E-state index in [-0.39, 0.29) is 17.5 Å². The predicted octanol–water partition coefficient (Wildman–Crippen LogP) is 0.280. The number of ether oxygens (including phenoxy) is 1. The quantitative estimate of drug-likeness (QED) is 0.685. The van der Waals surface area contributed by atoms with Gasteiger partial charge >= 0.3 is 0 Å². The average molecular weight is 200 g/mol. The zero-order valence-electron chi connectivity index (χ0n) is 9.22. The zero-order chi connectivity index (χ0) is 10.6. The fourth-order valence-corrected chi connectivity index (χ4v) is 1.70. The number of amides is 1. The van der Waals surface area contributed by atoms with E-state index < -0.39 is 0 Å². The molecule has 0 aromatic heterocycles. The van der Waals surface area contributed by atoms with Crippen LogP contribution < -0.4 is 10.6 Å². The highest BCUT2D eigenvalue weighted by Crippen LogP contribution is 2.17. The van der Waals surface area contributed by atoms with Crippen molar-refractivity contribution in [2.24, 2.45) is 0 Å². The van der Waals surface area contributed by atoms with E-state index in [2.05, 4.69) is 17.6 Å². The fourth-order valence-electron chi connectivity index (χ4n) is 1.70. The number of rotatable bonds is 4. The van der Waals surface area contributed by atoms with Gasteiger partial charge in [-0.2, -0.15) is 0 Å². The van der Waals surface area contributed by atoms with Crippen molar-refractivity contribution in [1.82, 2.24) is 10.6 Å².